The molecule has 1 aliphatic rings. The van der Waals surface area contributed by atoms with E-state index in [1.165, 1.54) is 12.8 Å². The summed E-state index contributed by atoms with van der Waals surface area (Å²) in [6.07, 6.45) is 5.76. The number of carbonyl (C=O) groups excluding carboxylic acids is 1. The van der Waals surface area contributed by atoms with Crippen molar-refractivity contribution in [2.45, 2.75) is 30.9 Å². The van der Waals surface area contributed by atoms with Crippen molar-refractivity contribution in [3.63, 3.8) is 0 Å². The number of nitrogens with zero attached hydrogens (tertiary/aromatic N) is 1. The van der Waals surface area contributed by atoms with Gasteiger partial charge < -0.3 is 0 Å². The van der Waals surface area contributed by atoms with E-state index in [1.807, 2.05) is 30.0 Å². The summed E-state index contributed by atoms with van der Waals surface area (Å²) < 4.78 is 0. The zero-order chi connectivity index (χ0) is 10.5. The first-order valence-electron chi connectivity index (χ1n) is 5.40. The largest absolute Gasteiger partial charge is 0.298 e. The van der Waals surface area contributed by atoms with Crippen LogP contribution in [0.1, 0.15) is 25.0 Å². The fourth-order valence-electron chi connectivity index (χ4n) is 1.79. The van der Waals surface area contributed by atoms with Crippen LogP contribution in [0.15, 0.2) is 24.4 Å². The van der Waals surface area contributed by atoms with Crippen molar-refractivity contribution in [3.8, 4) is 0 Å². The Hall–Kier alpha value is -0.830. The molecule has 0 radical (unpaired) electrons. The van der Waals surface area contributed by atoms with Gasteiger partial charge in [-0.05, 0) is 30.7 Å². The molecular weight excluding hydrogens is 206 g/mol. The lowest BCUT2D eigenvalue weighted by Gasteiger charge is -2.19. The SMILES string of the molecule is O=C(Cc1ccccn1)C1CCCCS1. The molecule has 1 saturated heterocycles. The zero-order valence-electron chi connectivity index (χ0n) is 8.69. The maximum absolute atomic E-state index is 11.9. The number of hydrogen-bond donors (Lipinski definition) is 0. The molecule has 0 aromatic carbocycles. The van der Waals surface area contributed by atoms with Crippen LogP contribution in [0.25, 0.3) is 0 Å². The van der Waals surface area contributed by atoms with Gasteiger partial charge in [-0.2, -0.15) is 11.8 Å². The summed E-state index contributed by atoms with van der Waals surface area (Å²) in [6.45, 7) is 0. The highest BCUT2D eigenvalue weighted by Gasteiger charge is 2.21. The van der Waals surface area contributed by atoms with Gasteiger partial charge in [-0.15, -0.1) is 0 Å². The maximum atomic E-state index is 11.9. The van der Waals surface area contributed by atoms with Gasteiger partial charge >= 0.3 is 0 Å². The topological polar surface area (TPSA) is 30.0 Å². The van der Waals surface area contributed by atoms with Crippen molar-refractivity contribution in [3.05, 3.63) is 30.1 Å². The smallest absolute Gasteiger partial charge is 0.151 e. The Bertz CT molecular complexity index is 320. The summed E-state index contributed by atoms with van der Waals surface area (Å²) in [6, 6.07) is 5.73. The van der Waals surface area contributed by atoms with Crippen LogP contribution in [0.4, 0.5) is 0 Å². The Balaban J connectivity index is 1.91. The van der Waals surface area contributed by atoms with Crippen molar-refractivity contribution in [1.29, 1.82) is 0 Å². The van der Waals surface area contributed by atoms with Gasteiger partial charge in [-0.1, -0.05) is 12.5 Å². The number of carbonyl (C=O) groups is 1. The first-order chi connectivity index (χ1) is 7.36. The fourth-order valence-corrected chi connectivity index (χ4v) is 3.05. The summed E-state index contributed by atoms with van der Waals surface area (Å²) in [4.78, 5) is 16.1. The highest BCUT2D eigenvalue weighted by atomic mass is 32.2. The van der Waals surface area contributed by atoms with Gasteiger partial charge in [-0.25, -0.2) is 0 Å². The van der Waals surface area contributed by atoms with E-state index < -0.39 is 0 Å². The molecule has 3 heteroatoms. The van der Waals surface area contributed by atoms with E-state index in [4.69, 9.17) is 0 Å². The molecule has 0 saturated carbocycles. The number of Topliss-reactive ketones (excluding diaryl/α,β-unsaturated/α-hetero) is 1. The van der Waals surface area contributed by atoms with Gasteiger partial charge in [0.05, 0.1) is 5.25 Å². The van der Waals surface area contributed by atoms with E-state index >= 15 is 0 Å². The van der Waals surface area contributed by atoms with Crippen molar-refractivity contribution >= 4 is 17.5 Å². The number of pyridine rings is 1. The second-order valence-electron chi connectivity index (χ2n) is 3.82. The van der Waals surface area contributed by atoms with Crippen LogP contribution in [0.5, 0.6) is 0 Å². The molecular formula is C12H15NOS. The van der Waals surface area contributed by atoms with E-state index in [1.54, 1.807) is 6.20 Å². The third-order valence-electron chi connectivity index (χ3n) is 2.62. The van der Waals surface area contributed by atoms with E-state index in [9.17, 15) is 4.79 Å². The van der Waals surface area contributed by atoms with Crippen LogP contribution in [0.3, 0.4) is 0 Å². The monoisotopic (exact) mass is 221 g/mol. The quantitative estimate of drug-likeness (QED) is 0.785. The summed E-state index contributed by atoms with van der Waals surface area (Å²) in [5.74, 6) is 1.48. The van der Waals surface area contributed by atoms with Crippen molar-refractivity contribution < 1.29 is 4.79 Å². The van der Waals surface area contributed by atoms with Gasteiger partial charge in [0.1, 0.15) is 0 Å². The molecule has 0 aliphatic carbocycles. The molecule has 1 fully saturated rings. The lowest BCUT2D eigenvalue weighted by molar-refractivity contribution is -0.118. The first kappa shape index (κ1) is 10.7. The van der Waals surface area contributed by atoms with Crippen LogP contribution in [0.2, 0.25) is 0 Å². The maximum Gasteiger partial charge on any atom is 0.151 e. The minimum atomic E-state index is 0.223. The number of ketones is 1. The van der Waals surface area contributed by atoms with E-state index in [2.05, 4.69) is 4.98 Å². The normalized spacial score (nSPS) is 21.2. The Kier molecular flexibility index (Phi) is 3.78. The number of thioether (sulfide) groups is 1. The average molecular weight is 221 g/mol. The van der Waals surface area contributed by atoms with Crippen LogP contribution in [-0.2, 0) is 11.2 Å². The van der Waals surface area contributed by atoms with Crippen molar-refractivity contribution in [1.82, 2.24) is 4.98 Å². The minimum absolute atomic E-state index is 0.223. The van der Waals surface area contributed by atoms with Gasteiger partial charge in [0, 0.05) is 18.3 Å². The number of rotatable bonds is 3. The molecule has 1 unspecified atom stereocenters. The van der Waals surface area contributed by atoms with Crippen LogP contribution < -0.4 is 0 Å². The molecule has 15 heavy (non-hydrogen) atoms. The first-order valence-corrected chi connectivity index (χ1v) is 6.45. The molecule has 2 nitrogen and oxygen atoms in total. The minimum Gasteiger partial charge on any atom is -0.298 e. The zero-order valence-corrected chi connectivity index (χ0v) is 9.50. The van der Waals surface area contributed by atoms with Gasteiger partial charge in [0.25, 0.3) is 0 Å². The van der Waals surface area contributed by atoms with E-state index in [0.29, 0.717) is 12.2 Å². The van der Waals surface area contributed by atoms with Crippen molar-refractivity contribution in [2.75, 3.05) is 5.75 Å². The highest BCUT2D eigenvalue weighted by Crippen LogP contribution is 2.26. The molecule has 0 N–H and O–H groups in total. The number of aromatic nitrogens is 1. The van der Waals surface area contributed by atoms with Crippen molar-refractivity contribution in [2.24, 2.45) is 0 Å². The van der Waals surface area contributed by atoms with Gasteiger partial charge in [0.2, 0.25) is 0 Å². The molecule has 1 aliphatic heterocycles. The lowest BCUT2D eigenvalue weighted by atomic mass is 10.1. The predicted molar refractivity (Wildman–Crippen MR) is 63.0 cm³/mol. The van der Waals surface area contributed by atoms with Crippen LogP contribution in [0, 0.1) is 0 Å². The third kappa shape index (κ3) is 3.06. The Morgan fingerprint density at radius 3 is 3.07 bits per heavy atom. The molecule has 1 aromatic heterocycles. The van der Waals surface area contributed by atoms with Crippen LogP contribution >= 0.6 is 11.8 Å². The lowest BCUT2D eigenvalue weighted by Crippen LogP contribution is -2.22. The third-order valence-corrected chi connectivity index (χ3v) is 4.05. The molecule has 1 atom stereocenters. The summed E-state index contributed by atoms with van der Waals surface area (Å²) in [7, 11) is 0. The molecule has 0 bridgehead atoms. The Morgan fingerprint density at radius 2 is 2.40 bits per heavy atom. The van der Waals surface area contributed by atoms with Gasteiger partial charge in [0.15, 0.2) is 5.78 Å². The molecule has 2 heterocycles. The molecule has 0 spiro atoms. The summed E-state index contributed by atoms with van der Waals surface area (Å²) >= 11 is 1.81. The molecule has 80 valence electrons. The summed E-state index contributed by atoms with van der Waals surface area (Å²) in [5, 5.41) is 0.223. The standard InChI is InChI=1S/C12H15NOS/c14-11(12-6-2-4-8-15-12)9-10-5-1-3-7-13-10/h1,3,5,7,12H,2,4,6,8-9H2. The molecule has 0 amide bonds. The highest BCUT2D eigenvalue weighted by molar-refractivity contribution is 8.00. The van der Waals surface area contributed by atoms with Gasteiger partial charge in [-0.3, -0.25) is 9.78 Å². The number of hydrogen-bond acceptors (Lipinski definition) is 3. The average Bonchev–Trinajstić information content (AvgIpc) is 2.31. The molecule has 1 aromatic rings. The Morgan fingerprint density at radius 1 is 1.47 bits per heavy atom. The predicted octanol–water partition coefficient (Wildman–Crippen LogP) is 2.48. The van der Waals surface area contributed by atoms with E-state index in [-0.39, 0.29) is 5.25 Å². The fraction of sp³-hybridized carbons (Fsp3) is 0.500. The Labute approximate surface area is 94.5 Å². The summed E-state index contributed by atoms with van der Waals surface area (Å²) in [5.41, 5.74) is 0.897. The second-order valence-corrected chi connectivity index (χ2v) is 5.13. The second kappa shape index (κ2) is 5.31. The van der Waals surface area contributed by atoms with E-state index in [0.717, 1.165) is 17.9 Å². The van der Waals surface area contributed by atoms with Crippen LogP contribution in [-0.4, -0.2) is 21.8 Å². The molecule has 2 rings (SSSR count).